The summed E-state index contributed by atoms with van der Waals surface area (Å²) in [5.41, 5.74) is 3.07. The number of carboxylic acid groups (broad SMARTS) is 1. The molecule has 0 saturated carbocycles. The smallest absolute Gasteiger partial charge is 0.335 e. The molecular formula is C15H19N3O4S. The van der Waals surface area contributed by atoms with Gasteiger partial charge in [0.2, 0.25) is 10.0 Å². The fourth-order valence-corrected chi connectivity index (χ4v) is 3.17. The van der Waals surface area contributed by atoms with Crippen LogP contribution >= 0.6 is 0 Å². The van der Waals surface area contributed by atoms with E-state index < -0.39 is 16.0 Å². The normalized spacial score (nSPS) is 11.6. The van der Waals surface area contributed by atoms with Gasteiger partial charge in [0.15, 0.2) is 0 Å². The molecule has 2 N–H and O–H groups in total. The number of carbonyl (C=O) groups is 1. The topological polar surface area (TPSA) is 101 Å². The molecule has 0 aliphatic heterocycles. The maximum absolute atomic E-state index is 12.2. The van der Waals surface area contributed by atoms with Gasteiger partial charge in [0.05, 0.1) is 22.7 Å². The van der Waals surface area contributed by atoms with Crippen molar-refractivity contribution in [3.8, 4) is 0 Å². The summed E-state index contributed by atoms with van der Waals surface area (Å²) in [7, 11) is -3.67. The number of hydrogen-bond donors (Lipinski definition) is 2. The van der Waals surface area contributed by atoms with Gasteiger partial charge in [-0.15, -0.1) is 0 Å². The van der Waals surface area contributed by atoms with Crippen LogP contribution in [-0.2, 0) is 16.6 Å². The van der Waals surface area contributed by atoms with Crippen LogP contribution in [0.15, 0.2) is 29.2 Å². The minimum atomic E-state index is -3.67. The zero-order chi connectivity index (χ0) is 17.2. The van der Waals surface area contributed by atoms with Gasteiger partial charge in [0.25, 0.3) is 0 Å². The third-order valence-electron chi connectivity index (χ3n) is 3.77. The van der Waals surface area contributed by atoms with Gasteiger partial charge in [0, 0.05) is 12.2 Å². The lowest BCUT2D eigenvalue weighted by molar-refractivity contribution is 0.0696. The van der Waals surface area contributed by atoms with Crippen LogP contribution in [0.1, 0.15) is 27.3 Å². The van der Waals surface area contributed by atoms with E-state index in [0.717, 1.165) is 17.0 Å². The van der Waals surface area contributed by atoms with Crippen LogP contribution in [0.25, 0.3) is 0 Å². The quantitative estimate of drug-likeness (QED) is 0.831. The molecule has 0 aliphatic rings. The molecule has 0 bridgehead atoms. The highest BCUT2D eigenvalue weighted by Gasteiger charge is 2.15. The van der Waals surface area contributed by atoms with Gasteiger partial charge in [-0.1, -0.05) is 0 Å². The predicted octanol–water partition coefficient (Wildman–Crippen LogP) is 1.49. The summed E-state index contributed by atoms with van der Waals surface area (Å²) in [6.07, 6.45) is 0. The summed E-state index contributed by atoms with van der Waals surface area (Å²) in [5, 5.41) is 13.2. The van der Waals surface area contributed by atoms with Gasteiger partial charge in [-0.05, 0) is 50.6 Å². The molecule has 0 atom stereocenters. The average Bonchev–Trinajstić information content (AvgIpc) is 2.74. The second kappa shape index (κ2) is 6.51. The molecule has 0 fully saturated rings. The summed E-state index contributed by atoms with van der Waals surface area (Å²) >= 11 is 0. The molecule has 7 nitrogen and oxygen atoms in total. The van der Waals surface area contributed by atoms with E-state index in [9.17, 15) is 13.2 Å². The molecule has 2 aromatic rings. The van der Waals surface area contributed by atoms with Crippen LogP contribution in [0.5, 0.6) is 0 Å². The molecule has 0 radical (unpaired) electrons. The van der Waals surface area contributed by atoms with Gasteiger partial charge in [-0.2, -0.15) is 5.10 Å². The summed E-state index contributed by atoms with van der Waals surface area (Å²) in [4.78, 5) is 10.8. The van der Waals surface area contributed by atoms with Crippen molar-refractivity contribution in [2.24, 2.45) is 0 Å². The maximum atomic E-state index is 12.2. The first-order valence-electron chi connectivity index (χ1n) is 7.06. The number of aromatic carboxylic acids is 1. The van der Waals surface area contributed by atoms with Crippen LogP contribution in [0, 0.1) is 20.8 Å². The monoisotopic (exact) mass is 337 g/mol. The van der Waals surface area contributed by atoms with E-state index in [1.54, 1.807) is 4.68 Å². The van der Waals surface area contributed by atoms with Crippen molar-refractivity contribution < 1.29 is 18.3 Å². The molecule has 23 heavy (non-hydrogen) atoms. The number of carboxylic acids is 1. The van der Waals surface area contributed by atoms with E-state index in [2.05, 4.69) is 9.82 Å². The Kier molecular flexibility index (Phi) is 4.86. The fraction of sp³-hybridized carbons (Fsp3) is 0.333. The summed E-state index contributed by atoms with van der Waals surface area (Å²) in [5.74, 6) is -1.10. The second-order valence-electron chi connectivity index (χ2n) is 5.25. The second-order valence-corrected chi connectivity index (χ2v) is 7.01. The van der Waals surface area contributed by atoms with E-state index in [0.29, 0.717) is 6.54 Å². The Hall–Kier alpha value is -2.19. The van der Waals surface area contributed by atoms with Crippen molar-refractivity contribution in [1.82, 2.24) is 14.5 Å². The number of benzene rings is 1. The zero-order valence-electron chi connectivity index (χ0n) is 13.2. The van der Waals surface area contributed by atoms with Crippen molar-refractivity contribution in [3.63, 3.8) is 0 Å². The molecule has 1 aromatic carbocycles. The van der Waals surface area contributed by atoms with Crippen molar-refractivity contribution in [2.75, 3.05) is 6.54 Å². The highest BCUT2D eigenvalue weighted by molar-refractivity contribution is 7.89. The minimum absolute atomic E-state index is 0.0343. The first-order valence-corrected chi connectivity index (χ1v) is 8.54. The van der Waals surface area contributed by atoms with Crippen LogP contribution in [0.4, 0.5) is 0 Å². The van der Waals surface area contributed by atoms with Gasteiger partial charge >= 0.3 is 5.97 Å². The Labute approximate surface area is 135 Å². The predicted molar refractivity (Wildman–Crippen MR) is 85.0 cm³/mol. The summed E-state index contributed by atoms with van der Waals surface area (Å²) < 4.78 is 28.6. The van der Waals surface area contributed by atoms with E-state index in [4.69, 9.17) is 5.11 Å². The number of aromatic nitrogens is 2. The Bertz CT molecular complexity index is 823. The Morgan fingerprint density at radius 3 is 2.30 bits per heavy atom. The highest BCUT2D eigenvalue weighted by Crippen LogP contribution is 2.12. The summed E-state index contributed by atoms with van der Waals surface area (Å²) in [6.45, 7) is 6.45. The number of nitrogens with one attached hydrogen (secondary N) is 1. The van der Waals surface area contributed by atoms with Crippen LogP contribution < -0.4 is 4.72 Å². The molecular weight excluding hydrogens is 318 g/mol. The first kappa shape index (κ1) is 17.2. The van der Waals surface area contributed by atoms with Gasteiger partial charge < -0.3 is 5.11 Å². The molecule has 8 heteroatoms. The molecule has 0 aliphatic carbocycles. The number of nitrogens with zero attached hydrogens (tertiary/aromatic N) is 2. The molecule has 0 saturated heterocycles. The zero-order valence-corrected chi connectivity index (χ0v) is 14.0. The number of hydrogen-bond acceptors (Lipinski definition) is 4. The molecule has 2 rings (SSSR count). The third-order valence-corrected chi connectivity index (χ3v) is 5.25. The van der Waals surface area contributed by atoms with Crippen molar-refractivity contribution in [1.29, 1.82) is 0 Å². The van der Waals surface area contributed by atoms with Gasteiger partial charge in [0.1, 0.15) is 0 Å². The first-order chi connectivity index (χ1) is 10.7. The number of aryl methyl sites for hydroxylation is 1. The van der Waals surface area contributed by atoms with Crippen molar-refractivity contribution in [2.45, 2.75) is 32.2 Å². The third kappa shape index (κ3) is 3.77. The Morgan fingerprint density at radius 1 is 1.22 bits per heavy atom. The average molecular weight is 337 g/mol. The molecule has 0 amide bonds. The fourth-order valence-electron chi connectivity index (χ4n) is 2.15. The van der Waals surface area contributed by atoms with Crippen molar-refractivity contribution >= 4 is 16.0 Å². The molecule has 0 unspecified atom stereocenters. The van der Waals surface area contributed by atoms with E-state index >= 15 is 0 Å². The lowest BCUT2D eigenvalue weighted by Crippen LogP contribution is -2.28. The largest absolute Gasteiger partial charge is 0.478 e. The standard InChI is InChI=1S/C15H19N3O4S/c1-10-11(2)17-18(12(10)3)9-8-16-23(21,22)14-6-4-13(5-7-14)15(19)20/h4-7,16H,8-9H2,1-3H3,(H,19,20). The molecule has 0 spiro atoms. The van der Waals surface area contributed by atoms with Crippen molar-refractivity contribution in [3.05, 3.63) is 46.8 Å². The Morgan fingerprint density at radius 2 is 1.83 bits per heavy atom. The SMILES string of the molecule is Cc1nn(CCNS(=O)(=O)c2ccc(C(=O)O)cc2)c(C)c1C. The van der Waals surface area contributed by atoms with Crippen LogP contribution in [0.2, 0.25) is 0 Å². The van der Waals surface area contributed by atoms with E-state index in [1.807, 2.05) is 20.8 Å². The van der Waals surface area contributed by atoms with Crippen LogP contribution in [0.3, 0.4) is 0 Å². The maximum Gasteiger partial charge on any atom is 0.335 e. The minimum Gasteiger partial charge on any atom is -0.478 e. The summed E-state index contributed by atoms with van der Waals surface area (Å²) in [6, 6.07) is 5.08. The van der Waals surface area contributed by atoms with Gasteiger partial charge in [-0.25, -0.2) is 17.9 Å². The van der Waals surface area contributed by atoms with Crippen LogP contribution in [-0.4, -0.2) is 35.8 Å². The lowest BCUT2D eigenvalue weighted by Gasteiger charge is -2.08. The molecule has 124 valence electrons. The van der Waals surface area contributed by atoms with E-state index in [-0.39, 0.29) is 17.0 Å². The number of rotatable bonds is 6. The molecule has 1 aromatic heterocycles. The molecule has 1 heterocycles. The highest BCUT2D eigenvalue weighted by atomic mass is 32.2. The number of sulfonamides is 1. The van der Waals surface area contributed by atoms with E-state index in [1.165, 1.54) is 24.3 Å². The lowest BCUT2D eigenvalue weighted by atomic mass is 10.2. The Balaban J connectivity index is 2.04. The van der Waals surface area contributed by atoms with Gasteiger partial charge in [-0.3, -0.25) is 4.68 Å².